The summed E-state index contributed by atoms with van der Waals surface area (Å²) >= 11 is 0. The Morgan fingerprint density at radius 1 is 1.14 bits per heavy atom. The Balaban J connectivity index is 3.10. The van der Waals surface area contributed by atoms with Gasteiger partial charge in [0.15, 0.2) is 0 Å². The van der Waals surface area contributed by atoms with Crippen molar-refractivity contribution >= 4 is 11.5 Å². The third-order valence-electron chi connectivity index (χ3n) is 2.74. The number of hydrogen-bond acceptors (Lipinski definition) is 2. The van der Waals surface area contributed by atoms with E-state index in [4.69, 9.17) is 0 Å². The fraction of sp³-hybridized carbons (Fsp3) is 0.400. The standard InChI is InChI=1S/C15H17F4NO/c1-14(2,3)11(20-10-7-5-4-6-8-10)9-12(21)15(18,19)13(16)17/h4-9,13,20H,1-3H3/b11-9-. The van der Waals surface area contributed by atoms with Gasteiger partial charge in [-0.2, -0.15) is 8.78 Å². The third-order valence-corrected chi connectivity index (χ3v) is 2.74. The minimum Gasteiger partial charge on any atom is -0.358 e. The van der Waals surface area contributed by atoms with Crippen LogP contribution in [0, 0.1) is 5.41 Å². The van der Waals surface area contributed by atoms with Gasteiger partial charge in [-0.15, -0.1) is 0 Å². The Bertz CT molecular complexity index is 518. The average molecular weight is 303 g/mol. The van der Waals surface area contributed by atoms with Crippen molar-refractivity contribution in [2.24, 2.45) is 5.41 Å². The molecule has 0 fully saturated rings. The van der Waals surface area contributed by atoms with Gasteiger partial charge in [0.1, 0.15) is 0 Å². The Morgan fingerprint density at radius 2 is 1.67 bits per heavy atom. The number of para-hydroxylation sites is 1. The zero-order chi connectivity index (χ0) is 16.3. The molecule has 6 heteroatoms. The van der Waals surface area contributed by atoms with E-state index in [9.17, 15) is 22.4 Å². The maximum Gasteiger partial charge on any atom is 0.368 e. The van der Waals surface area contributed by atoms with E-state index in [1.54, 1.807) is 51.1 Å². The number of hydrogen-bond donors (Lipinski definition) is 1. The largest absolute Gasteiger partial charge is 0.368 e. The SMILES string of the molecule is CC(C)(C)/C(=C/C(=O)C(F)(F)C(F)F)Nc1ccccc1. The topological polar surface area (TPSA) is 29.1 Å². The van der Waals surface area contributed by atoms with Crippen LogP contribution in [0.25, 0.3) is 0 Å². The molecule has 0 bridgehead atoms. The fourth-order valence-electron chi connectivity index (χ4n) is 1.45. The number of allylic oxidation sites excluding steroid dienone is 2. The summed E-state index contributed by atoms with van der Waals surface area (Å²) in [6.07, 6.45) is -3.47. The van der Waals surface area contributed by atoms with Crippen LogP contribution in [0.2, 0.25) is 0 Å². The molecule has 0 aliphatic rings. The minimum absolute atomic E-state index is 0.138. The van der Waals surface area contributed by atoms with Gasteiger partial charge in [0, 0.05) is 22.9 Å². The number of rotatable bonds is 5. The van der Waals surface area contributed by atoms with Crippen molar-refractivity contribution in [2.75, 3.05) is 5.32 Å². The van der Waals surface area contributed by atoms with E-state index in [0.717, 1.165) is 0 Å². The van der Waals surface area contributed by atoms with Crippen LogP contribution in [-0.4, -0.2) is 18.1 Å². The maximum atomic E-state index is 13.1. The summed E-state index contributed by atoms with van der Waals surface area (Å²) in [7, 11) is 0. The summed E-state index contributed by atoms with van der Waals surface area (Å²) in [5, 5.41) is 2.82. The van der Waals surface area contributed by atoms with Crippen molar-refractivity contribution in [1.82, 2.24) is 0 Å². The van der Waals surface area contributed by atoms with Crippen LogP contribution in [0.1, 0.15) is 20.8 Å². The highest BCUT2D eigenvalue weighted by Crippen LogP contribution is 2.30. The quantitative estimate of drug-likeness (QED) is 0.641. The van der Waals surface area contributed by atoms with Crippen molar-refractivity contribution in [3.63, 3.8) is 0 Å². The predicted octanol–water partition coefficient (Wildman–Crippen LogP) is 4.50. The normalized spacial score (nSPS) is 13.4. The van der Waals surface area contributed by atoms with Gasteiger partial charge in [-0.1, -0.05) is 39.0 Å². The van der Waals surface area contributed by atoms with Crippen LogP contribution >= 0.6 is 0 Å². The van der Waals surface area contributed by atoms with E-state index in [0.29, 0.717) is 11.8 Å². The number of carbonyl (C=O) groups is 1. The summed E-state index contributed by atoms with van der Waals surface area (Å²) in [6.45, 7) is 5.05. The second-order valence-electron chi connectivity index (χ2n) is 5.59. The fourth-order valence-corrected chi connectivity index (χ4v) is 1.45. The van der Waals surface area contributed by atoms with Crippen molar-refractivity contribution in [3.05, 3.63) is 42.1 Å². The highest BCUT2D eigenvalue weighted by Gasteiger charge is 2.47. The molecule has 21 heavy (non-hydrogen) atoms. The van der Waals surface area contributed by atoms with E-state index in [1.165, 1.54) is 0 Å². The van der Waals surface area contributed by atoms with Crippen LogP contribution in [0.5, 0.6) is 0 Å². The number of nitrogens with one attached hydrogen (secondary N) is 1. The zero-order valence-corrected chi connectivity index (χ0v) is 12.0. The van der Waals surface area contributed by atoms with Crippen LogP contribution in [0.4, 0.5) is 23.2 Å². The van der Waals surface area contributed by atoms with Crippen molar-refractivity contribution in [3.8, 4) is 0 Å². The van der Waals surface area contributed by atoms with E-state index < -0.39 is 23.5 Å². The Morgan fingerprint density at radius 3 is 2.10 bits per heavy atom. The predicted molar refractivity (Wildman–Crippen MR) is 73.6 cm³/mol. The van der Waals surface area contributed by atoms with Gasteiger partial charge >= 0.3 is 12.3 Å². The summed E-state index contributed by atoms with van der Waals surface area (Å²) < 4.78 is 50.5. The van der Waals surface area contributed by atoms with Gasteiger partial charge in [-0.25, -0.2) is 8.78 Å². The van der Waals surface area contributed by atoms with E-state index in [2.05, 4.69) is 5.32 Å². The summed E-state index contributed by atoms with van der Waals surface area (Å²) in [6, 6.07) is 8.56. The number of ketones is 1. The highest BCUT2D eigenvalue weighted by atomic mass is 19.3. The first-order valence-electron chi connectivity index (χ1n) is 6.30. The molecule has 0 spiro atoms. The molecule has 0 amide bonds. The molecule has 0 saturated carbocycles. The average Bonchev–Trinajstić information content (AvgIpc) is 2.37. The first-order chi connectivity index (χ1) is 9.55. The number of benzene rings is 1. The smallest absolute Gasteiger partial charge is 0.358 e. The number of carbonyl (C=O) groups excluding carboxylic acids is 1. The van der Waals surface area contributed by atoms with Gasteiger partial charge in [0.05, 0.1) is 0 Å². The van der Waals surface area contributed by atoms with Gasteiger partial charge in [0.2, 0.25) is 5.78 Å². The molecular weight excluding hydrogens is 286 g/mol. The lowest BCUT2D eigenvalue weighted by atomic mass is 9.90. The van der Waals surface area contributed by atoms with Gasteiger partial charge in [-0.3, -0.25) is 4.79 Å². The van der Waals surface area contributed by atoms with E-state index >= 15 is 0 Å². The van der Waals surface area contributed by atoms with Crippen LogP contribution in [-0.2, 0) is 4.79 Å². The van der Waals surface area contributed by atoms with Gasteiger partial charge in [0.25, 0.3) is 0 Å². The van der Waals surface area contributed by atoms with Crippen molar-refractivity contribution < 1.29 is 22.4 Å². The third kappa shape index (κ3) is 4.58. The molecule has 0 aliphatic carbocycles. The second kappa shape index (κ2) is 6.28. The minimum atomic E-state index is -4.69. The molecule has 0 saturated heterocycles. The van der Waals surface area contributed by atoms with Gasteiger partial charge < -0.3 is 5.32 Å². The summed E-state index contributed by atoms with van der Waals surface area (Å²) in [4.78, 5) is 11.4. The molecule has 2 nitrogen and oxygen atoms in total. The van der Waals surface area contributed by atoms with Gasteiger partial charge in [-0.05, 0) is 12.1 Å². The number of alkyl halides is 4. The molecule has 116 valence electrons. The summed E-state index contributed by atoms with van der Waals surface area (Å²) in [5.41, 5.74) is 0.0230. The molecule has 1 aromatic carbocycles. The molecule has 0 radical (unpaired) electrons. The van der Waals surface area contributed by atoms with E-state index in [-0.39, 0.29) is 5.70 Å². The highest BCUT2D eigenvalue weighted by molar-refractivity contribution is 5.97. The lowest BCUT2D eigenvalue weighted by Crippen LogP contribution is -2.36. The molecule has 1 N–H and O–H groups in total. The molecule has 0 unspecified atom stereocenters. The first kappa shape index (κ1) is 17.2. The Kier molecular flexibility index (Phi) is 5.15. The van der Waals surface area contributed by atoms with Crippen LogP contribution in [0.15, 0.2) is 42.1 Å². The molecule has 0 heterocycles. The molecule has 1 aromatic rings. The second-order valence-corrected chi connectivity index (χ2v) is 5.59. The lowest BCUT2D eigenvalue weighted by Gasteiger charge is -2.25. The Labute approximate surface area is 120 Å². The van der Waals surface area contributed by atoms with Crippen molar-refractivity contribution in [1.29, 1.82) is 0 Å². The first-order valence-corrected chi connectivity index (χ1v) is 6.30. The number of halogens is 4. The summed E-state index contributed by atoms with van der Waals surface area (Å²) in [5.74, 6) is -6.60. The Hall–Kier alpha value is -1.85. The zero-order valence-electron chi connectivity index (χ0n) is 12.0. The monoisotopic (exact) mass is 303 g/mol. The molecule has 0 atom stereocenters. The van der Waals surface area contributed by atoms with Crippen LogP contribution < -0.4 is 5.32 Å². The number of anilines is 1. The lowest BCUT2D eigenvalue weighted by molar-refractivity contribution is -0.161. The molecular formula is C15H17F4NO. The molecule has 0 aromatic heterocycles. The molecule has 0 aliphatic heterocycles. The van der Waals surface area contributed by atoms with Crippen LogP contribution in [0.3, 0.4) is 0 Å². The molecule has 1 rings (SSSR count). The maximum absolute atomic E-state index is 13.1. The van der Waals surface area contributed by atoms with Crippen molar-refractivity contribution in [2.45, 2.75) is 33.1 Å². The van der Waals surface area contributed by atoms with E-state index in [1.807, 2.05) is 0 Å².